The van der Waals surface area contributed by atoms with E-state index in [4.69, 9.17) is 9.73 Å². The zero-order valence-electron chi connectivity index (χ0n) is 20.3. The fraction of sp³-hybridized carbons (Fsp3) is 0.333. The Morgan fingerprint density at radius 1 is 1.05 bits per heavy atom. The molecule has 7 nitrogen and oxygen atoms in total. The molecule has 2 aliphatic rings. The monoisotopic (exact) mass is 509 g/mol. The molecule has 1 amide bonds. The molecule has 37 heavy (non-hydrogen) atoms. The molecule has 3 heterocycles. The summed E-state index contributed by atoms with van der Waals surface area (Å²) in [6.45, 7) is 3.91. The number of benzene rings is 2. The van der Waals surface area contributed by atoms with E-state index in [1.807, 2.05) is 6.92 Å². The molecular weight excluding hydrogens is 483 g/mol. The molecule has 5 rings (SSSR count). The van der Waals surface area contributed by atoms with Crippen LogP contribution >= 0.6 is 0 Å². The van der Waals surface area contributed by atoms with Crippen molar-refractivity contribution in [1.29, 1.82) is 0 Å². The number of rotatable bonds is 4. The number of halogens is 3. The van der Waals surface area contributed by atoms with Crippen molar-refractivity contribution in [2.75, 3.05) is 25.0 Å². The number of hydrogen-bond donors (Lipinski definition) is 1. The van der Waals surface area contributed by atoms with Gasteiger partial charge in [0.2, 0.25) is 0 Å². The molecule has 0 bridgehead atoms. The molecule has 0 atom stereocenters. The summed E-state index contributed by atoms with van der Waals surface area (Å²) in [5.41, 5.74) is 1.71. The highest BCUT2D eigenvalue weighted by molar-refractivity contribution is 6.08. The first-order valence-electron chi connectivity index (χ1n) is 12.2. The van der Waals surface area contributed by atoms with E-state index in [1.165, 1.54) is 12.1 Å². The molecule has 1 saturated heterocycles. The van der Waals surface area contributed by atoms with Crippen LogP contribution in [0.15, 0.2) is 53.7 Å². The van der Waals surface area contributed by atoms with E-state index >= 15 is 0 Å². The number of nitrogens with one attached hydrogen (secondary N) is 1. The summed E-state index contributed by atoms with van der Waals surface area (Å²) >= 11 is 0. The number of carbonyl (C=O) groups is 1. The fourth-order valence-corrected chi connectivity index (χ4v) is 4.46. The molecule has 2 aliphatic heterocycles. The van der Waals surface area contributed by atoms with Crippen molar-refractivity contribution in [3.05, 3.63) is 71.2 Å². The minimum atomic E-state index is -4.43. The average molecular weight is 510 g/mol. The maximum atomic E-state index is 13.5. The van der Waals surface area contributed by atoms with Crippen molar-refractivity contribution in [2.24, 2.45) is 4.99 Å². The maximum absolute atomic E-state index is 13.5. The Bertz CT molecular complexity index is 1330. The van der Waals surface area contributed by atoms with E-state index < -0.39 is 11.7 Å². The number of nitrogens with zero attached hydrogens (tertiary/aromatic N) is 4. The van der Waals surface area contributed by atoms with Gasteiger partial charge in [-0.3, -0.25) is 9.79 Å². The van der Waals surface area contributed by atoms with Gasteiger partial charge in [-0.05, 0) is 75.1 Å². The van der Waals surface area contributed by atoms with Crippen molar-refractivity contribution in [3.63, 3.8) is 0 Å². The first-order valence-corrected chi connectivity index (χ1v) is 12.2. The molecule has 1 aromatic heterocycles. The van der Waals surface area contributed by atoms with Gasteiger partial charge < -0.3 is 15.0 Å². The van der Waals surface area contributed by atoms with Crippen molar-refractivity contribution in [2.45, 2.75) is 38.8 Å². The van der Waals surface area contributed by atoms with Crippen LogP contribution in [-0.2, 0) is 6.18 Å². The van der Waals surface area contributed by atoms with Gasteiger partial charge in [0.15, 0.2) is 0 Å². The van der Waals surface area contributed by atoms with Gasteiger partial charge in [0.25, 0.3) is 5.91 Å². The van der Waals surface area contributed by atoms with Crippen molar-refractivity contribution < 1.29 is 22.7 Å². The third-order valence-electron chi connectivity index (χ3n) is 6.37. The van der Waals surface area contributed by atoms with Gasteiger partial charge in [-0.25, -0.2) is 9.97 Å². The molecule has 0 spiro atoms. The number of alkyl halides is 3. The summed E-state index contributed by atoms with van der Waals surface area (Å²) in [6.07, 6.45) is 0.732. The third kappa shape index (κ3) is 5.58. The molecule has 1 N–H and O–H groups in total. The summed E-state index contributed by atoms with van der Waals surface area (Å²) in [4.78, 5) is 29.0. The number of ether oxygens (including phenoxy) is 1. The molecule has 0 aliphatic carbocycles. The molecule has 0 unspecified atom stereocenters. The van der Waals surface area contributed by atoms with Crippen LogP contribution in [0.25, 0.3) is 0 Å². The summed E-state index contributed by atoms with van der Waals surface area (Å²) in [5.74, 6) is 1.80. The lowest BCUT2D eigenvalue weighted by Crippen LogP contribution is -2.27. The number of aromatic nitrogens is 2. The van der Waals surface area contributed by atoms with Crippen LogP contribution in [-0.4, -0.2) is 46.1 Å². The highest BCUT2D eigenvalue weighted by Crippen LogP contribution is 2.34. The van der Waals surface area contributed by atoms with E-state index in [1.54, 1.807) is 29.3 Å². The minimum absolute atomic E-state index is 0.151. The molecule has 10 heteroatoms. The number of likely N-dealkylation sites (tertiary alicyclic amines) is 1. The van der Waals surface area contributed by atoms with Gasteiger partial charge in [0.05, 0.1) is 28.1 Å². The molecule has 1 fully saturated rings. The maximum Gasteiger partial charge on any atom is 0.416 e. The summed E-state index contributed by atoms with van der Waals surface area (Å²) in [5, 5.41) is 3.32. The average Bonchev–Trinajstić information content (AvgIpc) is 3.34. The number of carbonyl (C=O) groups excluding carboxylic acids is 1. The third-order valence-corrected chi connectivity index (χ3v) is 6.37. The van der Waals surface area contributed by atoms with Gasteiger partial charge in [-0.2, -0.15) is 13.2 Å². The number of fused-ring (bicyclic) bond motifs is 1. The second-order valence-corrected chi connectivity index (χ2v) is 9.07. The molecule has 3 aromatic rings. The number of hydrogen-bond acceptors (Lipinski definition) is 6. The quantitative estimate of drug-likeness (QED) is 0.456. The molecule has 0 radical (unpaired) electrons. The van der Waals surface area contributed by atoms with Crippen LogP contribution in [0.2, 0.25) is 0 Å². The summed E-state index contributed by atoms with van der Waals surface area (Å²) in [7, 11) is 0. The van der Waals surface area contributed by atoms with E-state index in [2.05, 4.69) is 15.3 Å². The number of anilines is 1. The SMILES string of the molecule is Cc1ncc2c(n1)NCCCC2=Nc1ccc(Oc2ccc(C(F)(F)F)cc2)cc1C(=O)N1CCCC1. The van der Waals surface area contributed by atoms with Crippen LogP contribution in [0, 0.1) is 6.92 Å². The van der Waals surface area contributed by atoms with Crippen LogP contribution in [0.1, 0.15) is 53.0 Å². The van der Waals surface area contributed by atoms with Gasteiger partial charge in [0, 0.05) is 25.8 Å². The Balaban J connectivity index is 1.51. The Morgan fingerprint density at radius 3 is 2.51 bits per heavy atom. The van der Waals surface area contributed by atoms with Crippen LogP contribution in [0.4, 0.5) is 24.7 Å². The van der Waals surface area contributed by atoms with Gasteiger partial charge in [0.1, 0.15) is 23.1 Å². The Morgan fingerprint density at radius 2 is 1.78 bits per heavy atom. The smallest absolute Gasteiger partial charge is 0.416 e. The van der Waals surface area contributed by atoms with Gasteiger partial charge >= 0.3 is 6.18 Å². The number of aryl methyl sites for hydroxylation is 1. The van der Waals surface area contributed by atoms with Crippen LogP contribution in [0.5, 0.6) is 11.5 Å². The second-order valence-electron chi connectivity index (χ2n) is 9.07. The van der Waals surface area contributed by atoms with Crippen LogP contribution in [0.3, 0.4) is 0 Å². The van der Waals surface area contributed by atoms with Gasteiger partial charge in [-0.1, -0.05) is 0 Å². The molecular formula is C27H26F3N5O2. The fourth-order valence-electron chi connectivity index (χ4n) is 4.46. The van der Waals surface area contributed by atoms with E-state index in [9.17, 15) is 18.0 Å². The van der Waals surface area contributed by atoms with Gasteiger partial charge in [-0.15, -0.1) is 0 Å². The predicted molar refractivity (Wildman–Crippen MR) is 134 cm³/mol. The largest absolute Gasteiger partial charge is 0.457 e. The van der Waals surface area contributed by atoms with Crippen molar-refractivity contribution in [1.82, 2.24) is 14.9 Å². The minimum Gasteiger partial charge on any atom is -0.457 e. The van der Waals surface area contributed by atoms with E-state index in [0.717, 1.165) is 55.0 Å². The Hall–Kier alpha value is -3.95. The highest BCUT2D eigenvalue weighted by atomic mass is 19.4. The lowest BCUT2D eigenvalue weighted by molar-refractivity contribution is -0.137. The van der Waals surface area contributed by atoms with Crippen LogP contribution < -0.4 is 10.1 Å². The van der Waals surface area contributed by atoms with Crippen molar-refractivity contribution in [3.8, 4) is 11.5 Å². The molecule has 192 valence electrons. The lowest BCUT2D eigenvalue weighted by atomic mass is 10.1. The number of aliphatic imine (C=N–C) groups is 1. The Kier molecular flexibility index (Phi) is 6.82. The van der Waals surface area contributed by atoms with E-state index in [-0.39, 0.29) is 11.7 Å². The first kappa shape index (κ1) is 24.7. The standard InChI is InChI=1S/C27H26F3N5O2/c1-17-32-16-22-23(5-4-12-31-25(22)33-17)34-24-11-10-20(15-21(24)26(36)35-13-2-3-14-35)37-19-8-6-18(7-9-19)27(28,29)30/h6-11,15-16H,2-5,12-14H2,1H3,(H,31,32,33). The topological polar surface area (TPSA) is 79.7 Å². The predicted octanol–water partition coefficient (Wildman–Crippen LogP) is 6.16. The number of amides is 1. The molecule has 2 aromatic carbocycles. The highest BCUT2D eigenvalue weighted by Gasteiger charge is 2.30. The van der Waals surface area contributed by atoms with Crippen molar-refractivity contribution >= 4 is 23.1 Å². The first-order chi connectivity index (χ1) is 17.8. The molecule has 0 saturated carbocycles. The second kappa shape index (κ2) is 10.2. The summed E-state index contributed by atoms with van der Waals surface area (Å²) < 4.78 is 44.5. The Labute approximate surface area is 212 Å². The zero-order valence-corrected chi connectivity index (χ0v) is 20.3. The van der Waals surface area contributed by atoms with E-state index in [0.29, 0.717) is 42.3 Å². The normalized spacial score (nSPS) is 16.8. The summed E-state index contributed by atoms with van der Waals surface area (Å²) in [6, 6.07) is 9.44. The zero-order chi connectivity index (χ0) is 26.0. The lowest BCUT2D eigenvalue weighted by Gasteiger charge is -2.18.